The van der Waals surface area contributed by atoms with Crippen molar-refractivity contribution in [3.8, 4) is 27.6 Å². The van der Waals surface area contributed by atoms with Crippen LogP contribution < -0.4 is 4.74 Å². The molecule has 0 fully saturated rings. The molecule has 7 heteroatoms. The van der Waals surface area contributed by atoms with Gasteiger partial charge in [0.1, 0.15) is 10.8 Å². The van der Waals surface area contributed by atoms with Gasteiger partial charge in [0.25, 0.3) is 0 Å². The molecular formula is C21H19N3O3S. The Morgan fingerprint density at radius 2 is 1.82 bits per heavy atom. The van der Waals surface area contributed by atoms with Crippen LogP contribution in [0.2, 0.25) is 0 Å². The van der Waals surface area contributed by atoms with Crippen molar-refractivity contribution < 1.29 is 14.6 Å². The Labute approximate surface area is 166 Å². The summed E-state index contributed by atoms with van der Waals surface area (Å²) in [6.45, 7) is 2.87. The molecule has 28 heavy (non-hydrogen) atoms. The molecule has 0 radical (unpaired) electrons. The van der Waals surface area contributed by atoms with Crippen LogP contribution in [0.1, 0.15) is 30.1 Å². The quantitative estimate of drug-likeness (QED) is 0.447. The minimum absolute atomic E-state index is 0.257. The number of unbranched alkanes of at least 4 members (excludes halogenated alkanes) is 1. The normalized spacial score (nSPS) is 11.0. The Morgan fingerprint density at radius 3 is 2.46 bits per heavy atom. The predicted molar refractivity (Wildman–Crippen MR) is 109 cm³/mol. The second-order valence-corrected chi connectivity index (χ2v) is 7.33. The maximum Gasteiger partial charge on any atom is 0.335 e. The molecule has 4 aromatic rings. The molecule has 0 unspecified atom stereocenters. The Kier molecular flexibility index (Phi) is 5.08. The minimum Gasteiger partial charge on any atom is -0.494 e. The molecule has 0 saturated carbocycles. The van der Waals surface area contributed by atoms with Gasteiger partial charge in [-0.2, -0.15) is 5.10 Å². The Hall–Kier alpha value is -3.19. The number of carboxylic acids is 1. The Morgan fingerprint density at radius 1 is 1.11 bits per heavy atom. The highest BCUT2D eigenvalue weighted by Crippen LogP contribution is 2.29. The van der Waals surface area contributed by atoms with Gasteiger partial charge in [-0.15, -0.1) is 0 Å². The van der Waals surface area contributed by atoms with Crippen LogP contribution >= 0.6 is 11.3 Å². The topological polar surface area (TPSA) is 76.7 Å². The van der Waals surface area contributed by atoms with Crippen LogP contribution in [0.15, 0.2) is 54.7 Å². The van der Waals surface area contributed by atoms with Crippen LogP contribution in [0.3, 0.4) is 0 Å². The van der Waals surface area contributed by atoms with E-state index in [-0.39, 0.29) is 5.56 Å². The SMILES string of the molecule is CCCCOc1ccc(-c2nn3cc(-c4ccc(C(=O)O)cc4)nc3s2)cc1. The van der Waals surface area contributed by atoms with Gasteiger partial charge >= 0.3 is 5.97 Å². The van der Waals surface area contributed by atoms with E-state index in [1.807, 2.05) is 30.5 Å². The van der Waals surface area contributed by atoms with Crippen molar-refractivity contribution in [3.05, 3.63) is 60.3 Å². The number of carbonyl (C=O) groups is 1. The fraction of sp³-hybridized carbons (Fsp3) is 0.190. The van der Waals surface area contributed by atoms with Gasteiger partial charge in [0.2, 0.25) is 4.96 Å². The molecule has 2 heterocycles. The second-order valence-electron chi connectivity index (χ2n) is 6.37. The molecule has 6 nitrogen and oxygen atoms in total. The number of aromatic nitrogens is 3. The van der Waals surface area contributed by atoms with Crippen LogP contribution in [0.25, 0.3) is 26.8 Å². The molecule has 0 aliphatic heterocycles. The molecule has 0 aliphatic rings. The van der Waals surface area contributed by atoms with Crippen LogP contribution in [0.5, 0.6) is 5.75 Å². The lowest BCUT2D eigenvalue weighted by Crippen LogP contribution is -1.95. The molecule has 142 valence electrons. The predicted octanol–water partition coefficient (Wildman–Crippen LogP) is 5.00. The first kappa shape index (κ1) is 18.2. The number of hydrogen-bond donors (Lipinski definition) is 1. The monoisotopic (exact) mass is 393 g/mol. The number of imidazole rings is 1. The van der Waals surface area contributed by atoms with Crippen LogP contribution in [-0.2, 0) is 0 Å². The number of rotatable bonds is 7. The molecule has 0 bridgehead atoms. The standard InChI is InChI=1S/C21H19N3O3S/c1-2-3-12-27-17-10-8-15(9-11-17)19-23-24-13-18(22-21(24)28-19)14-4-6-16(7-5-14)20(25)26/h4-11,13H,2-3,12H2,1H3,(H,25,26). The third-order valence-electron chi connectivity index (χ3n) is 4.34. The average molecular weight is 393 g/mol. The van der Waals surface area contributed by atoms with Crippen LogP contribution in [-0.4, -0.2) is 32.3 Å². The molecule has 1 N–H and O–H groups in total. The summed E-state index contributed by atoms with van der Waals surface area (Å²) in [4.78, 5) is 16.4. The summed E-state index contributed by atoms with van der Waals surface area (Å²) in [6, 6.07) is 14.6. The van der Waals surface area contributed by atoms with E-state index < -0.39 is 5.97 Å². The molecule has 0 amide bonds. The van der Waals surface area contributed by atoms with E-state index in [4.69, 9.17) is 9.84 Å². The summed E-state index contributed by atoms with van der Waals surface area (Å²) >= 11 is 1.51. The summed E-state index contributed by atoms with van der Waals surface area (Å²) < 4.78 is 7.45. The number of aromatic carboxylic acids is 1. The second kappa shape index (κ2) is 7.82. The lowest BCUT2D eigenvalue weighted by Gasteiger charge is -2.05. The zero-order valence-corrected chi connectivity index (χ0v) is 16.1. The molecule has 0 atom stereocenters. The highest BCUT2D eigenvalue weighted by atomic mass is 32.1. The van der Waals surface area contributed by atoms with Gasteiger partial charge in [-0.1, -0.05) is 36.8 Å². The van der Waals surface area contributed by atoms with Crippen molar-refractivity contribution in [2.45, 2.75) is 19.8 Å². The van der Waals surface area contributed by atoms with Crippen molar-refractivity contribution in [1.82, 2.24) is 14.6 Å². The first-order valence-electron chi connectivity index (χ1n) is 9.07. The van der Waals surface area contributed by atoms with Gasteiger partial charge in [0.15, 0.2) is 0 Å². The van der Waals surface area contributed by atoms with Crippen molar-refractivity contribution in [2.75, 3.05) is 6.61 Å². The number of fused-ring (bicyclic) bond motifs is 1. The first-order chi connectivity index (χ1) is 13.6. The van der Waals surface area contributed by atoms with E-state index >= 15 is 0 Å². The number of nitrogens with zero attached hydrogens (tertiary/aromatic N) is 3. The third kappa shape index (κ3) is 3.75. The number of ether oxygens (including phenoxy) is 1. The maximum absolute atomic E-state index is 11.0. The van der Waals surface area contributed by atoms with Crippen LogP contribution in [0, 0.1) is 0 Å². The van der Waals surface area contributed by atoms with Gasteiger partial charge < -0.3 is 9.84 Å². The lowest BCUT2D eigenvalue weighted by atomic mass is 10.1. The van der Waals surface area contributed by atoms with Gasteiger partial charge in [-0.3, -0.25) is 0 Å². The molecule has 2 aromatic heterocycles. The highest BCUT2D eigenvalue weighted by Gasteiger charge is 2.12. The minimum atomic E-state index is -0.939. The van der Waals surface area contributed by atoms with Crippen molar-refractivity contribution in [1.29, 1.82) is 0 Å². The van der Waals surface area contributed by atoms with Gasteiger partial charge in [0.05, 0.1) is 24.1 Å². The van der Waals surface area contributed by atoms with E-state index in [1.54, 1.807) is 28.8 Å². The third-order valence-corrected chi connectivity index (χ3v) is 5.31. The lowest BCUT2D eigenvalue weighted by molar-refractivity contribution is 0.0697. The molecule has 2 aromatic carbocycles. The summed E-state index contributed by atoms with van der Waals surface area (Å²) in [6.07, 6.45) is 4.02. The van der Waals surface area contributed by atoms with Gasteiger partial charge in [0, 0.05) is 11.1 Å². The van der Waals surface area contributed by atoms with E-state index in [2.05, 4.69) is 17.0 Å². The summed E-state index contributed by atoms with van der Waals surface area (Å²) in [7, 11) is 0. The smallest absolute Gasteiger partial charge is 0.335 e. The molecule has 0 saturated heterocycles. The van der Waals surface area contributed by atoms with Crippen molar-refractivity contribution >= 4 is 22.3 Å². The number of carboxylic acid groups (broad SMARTS) is 1. The van der Waals surface area contributed by atoms with Gasteiger partial charge in [-0.05, 0) is 42.8 Å². The van der Waals surface area contributed by atoms with Crippen molar-refractivity contribution in [3.63, 3.8) is 0 Å². The van der Waals surface area contributed by atoms with E-state index in [0.717, 1.165) is 52.0 Å². The van der Waals surface area contributed by atoms with Crippen molar-refractivity contribution in [2.24, 2.45) is 0 Å². The Balaban J connectivity index is 1.53. The van der Waals surface area contributed by atoms with Crippen LogP contribution in [0.4, 0.5) is 0 Å². The molecule has 0 aliphatic carbocycles. The largest absolute Gasteiger partial charge is 0.494 e. The average Bonchev–Trinajstić information content (AvgIpc) is 3.28. The zero-order valence-electron chi connectivity index (χ0n) is 15.3. The summed E-state index contributed by atoms with van der Waals surface area (Å²) in [5, 5.41) is 14.5. The molecule has 4 rings (SSSR count). The fourth-order valence-electron chi connectivity index (χ4n) is 2.77. The molecule has 0 spiro atoms. The fourth-order valence-corrected chi connectivity index (χ4v) is 3.65. The van der Waals surface area contributed by atoms with E-state index in [0.29, 0.717) is 0 Å². The van der Waals surface area contributed by atoms with E-state index in [1.165, 1.54) is 11.3 Å². The summed E-state index contributed by atoms with van der Waals surface area (Å²) in [5.41, 5.74) is 2.90. The number of benzene rings is 2. The van der Waals surface area contributed by atoms with E-state index in [9.17, 15) is 4.79 Å². The molecular weight excluding hydrogens is 374 g/mol. The zero-order chi connectivity index (χ0) is 19.5. The maximum atomic E-state index is 11.0. The Bertz CT molecular complexity index is 1070. The van der Waals surface area contributed by atoms with Gasteiger partial charge in [-0.25, -0.2) is 14.3 Å². The first-order valence-corrected chi connectivity index (χ1v) is 9.89. The number of hydrogen-bond acceptors (Lipinski definition) is 5. The highest BCUT2D eigenvalue weighted by molar-refractivity contribution is 7.19. The summed E-state index contributed by atoms with van der Waals surface area (Å²) in [5.74, 6) is -0.0731.